The van der Waals surface area contributed by atoms with Crippen molar-refractivity contribution in [3.8, 4) is 21.7 Å². The van der Waals surface area contributed by atoms with Crippen molar-refractivity contribution in [2.75, 3.05) is 0 Å². The van der Waals surface area contributed by atoms with Crippen LogP contribution in [0.4, 0.5) is 4.39 Å². The average Bonchev–Trinajstić information content (AvgIpc) is 3.37. The molecular weight excluding hydrogens is 513 g/mol. The Morgan fingerprint density at radius 2 is 1.92 bits per heavy atom. The third kappa shape index (κ3) is 4.72. The number of thiazole rings is 1. The summed E-state index contributed by atoms with van der Waals surface area (Å²) in [5, 5.41) is 12.1. The largest absolute Gasteiger partial charge is 0.479 e. The van der Waals surface area contributed by atoms with E-state index < -0.39 is 23.5 Å². The fraction of sp³-hybridized carbons (Fsp3) is 0.250. The van der Waals surface area contributed by atoms with Crippen molar-refractivity contribution < 1.29 is 19.0 Å². The maximum atomic E-state index is 14.1. The molecular formula is C28H25ClFN3O3S. The molecule has 0 aliphatic rings. The van der Waals surface area contributed by atoms with E-state index in [9.17, 15) is 14.3 Å². The fourth-order valence-corrected chi connectivity index (χ4v) is 5.83. The Labute approximate surface area is 222 Å². The summed E-state index contributed by atoms with van der Waals surface area (Å²) in [6.07, 6.45) is 1.88. The van der Waals surface area contributed by atoms with Gasteiger partial charge in [0.1, 0.15) is 16.5 Å². The Hall–Kier alpha value is -3.33. The number of ether oxygens (including phenoxy) is 1. The van der Waals surface area contributed by atoms with Gasteiger partial charge in [-0.1, -0.05) is 23.7 Å². The maximum absolute atomic E-state index is 14.1. The SMILES string of the molecule is Cc1cc2nc(-c3cn(C)c4ncc(F)cc34)sc2c(-c2ccc(Cl)cc2)c1[C@H](OC(C)(C)C)C(=O)O. The second-order valence-corrected chi connectivity index (χ2v) is 11.4. The van der Waals surface area contributed by atoms with Gasteiger partial charge >= 0.3 is 5.97 Å². The zero-order chi connectivity index (χ0) is 26.6. The van der Waals surface area contributed by atoms with Crippen molar-refractivity contribution in [2.24, 2.45) is 7.05 Å². The fourth-order valence-electron chi connectivity index (χ4n) is 4.56. The highest BCUT2D eigenvalue weighted by molar-refractivity contribution is 7.22. The molecule has 5 aromatic rings. The van der Waals surface area contributed by atoms with Gasteiger partial charge in [0.15, 0.2) is 6.10 Å². The van der Waals surface area contributed by atoms with Gasteiger partial charge in [-0.15, -0.1) is 11.3 Å². The number of carboxylic acids is 1. The minimum absolute atomic E-state index is 0.426. The highest BCUT2D eigenvalue weighted by Crippen LogP contribution is 2.45. The lowest BCUT2D eigenvalue weighted by Crippen LogP contribution is -2.28. The van der Waals surface area contributed by atoms with Gasteiger partial charge in [0.2, 0.25) is 0 Å². The van der Waals surface area contributed by atoms with Gasteiger partial charge in [0.05, 0.1) is 22.0 Å². The van der Waals surface area contributed by atoms with Crippen LogP contribution in [0.15, 0.2) is 48.8 Å². The van der Waals surface area contributed by atoms with Gasteiger partial charge in [0.25, 0.3) is 0 Å². The molecule has 1 N–H and O–H groups in total. The van der Waals surface area contributed by atoms with Crippen LogP contribution in [0.25, 0.3) is 42.9 Å². The lowest BCUT2D eigenvalue weighted by molar-refractivity contribution is -0.160. The molecule has 0 aliphatic heterocycles. The van der Waals surface area contributed by atoms with Crippen LogP contribution in [-0.4, -0.2) is 31.2 Å². The highest BCUT2D eigenvalue weighted by Gasteiger charge is 2.32. The van der Waals surface area contributed by atoms with Crippen LogP contribution in [0.3, 0.4) is 0 Å². The van der Waals surface area contributed by atoms with Crippen LogP contribution in [0.1, 0.15) is 38.0 Å². The topological polar surface area (TPSA) is 77.2 Å². The smallest absolute Gasteiger partial charge is 0.337 e. The van der Waals surface area contributed by atoms with Crippen LogP contribution < -0.4 is 0 Å². The quantitative estimate of drug-likeness (QED) is 0.250. The minimum atomic E-state index is -1.20. The first-order valence-electron chi connectivity index (χ1n) is 11.6. The van der Waals surface area contributed by atoms with E-state index in [4.69, 9.17) is 21.3 Å². The van der Waals surface area contributed by atoms with Crippen molar-refractivity contribution in [1.29, 1.82) is 0 Å². The van der Waals surface area contributed by atoms with Crippen molar-refractivity contribution in [3.63, 3.8) is 0 Å². The molecule has 0 spiro atoms. The number of fused-ring (bicyclic) bond motifs is 2. The van der Waals surface area contributed by atoms with E-state index in [1.165, 1.54) is 23.6 Å². The molecule has 0 radical (unpaired) electrons. The predicted molar refractivity (Wildman–Crippen MR) is 146 cm³/mol. The summed E-state index contributed by atoms with van der Waals surface area (Å²) in [5.41, 5.74) is 4.28. The molecule has 5 rings (SSSR count). The molecule has 0 fully saturated rings. The number of aliphatic carboxylic acids is 1. The van der Waals surface area contributed by atoms with E-state index in [1.54, 1.807) is 12.1 Å². The Balaban J connectivity index is 1.83. The van der Waals surface area contributed by atoms with E-state index in [-0.39, 0.29) is 0 Å². The number of carbonyl (C=O) groups is 1. The van der Waals surface area contributed by atoms with Gasteiger partial charge in [-0.2, -0.15) is 0 Å². The monoisotopic (exact) mass is 537 g/mol. The summed E-state index contributed by atoms with van der Waals surface area (Å²) in [4.78, 5) is 21.6. The Morgan fingerprint density at radius 1 is 1.22 bits per heavy atom. The number of nitrogens with zero attached hydrogens (tertiary/aromatic N) is 3. The summed E-state index contributed by atoms with van der Waals surface area (Å²) in [5.74, 6) is -1.50. The van der Waals surface area contributed by atoms with Crippen LogP contribution in [0.5, 0.6) is 0 Å². The zero-order valence-corrected chi connectivity index (χ0v) is 22.5. The first-order chi connectivity index (χ1) is 17.4. The number of benzene rings is 2. The van der Waals surface area contributed by atoms with Crippen LogP contribution in [0, 0.1) is 12.7 Å². The van der Waals surface area contributed by atoms with Crippen molar-refractivity contribution in [1.82, 2.24) is 14.5 Å². The standard InChI is InChI=1S/C28H25ClFN3O3S/c1-14-10-20-24(37-26(32-20)19-13-33(5)25-18(19)11-17(30)12-31-25)22(15-6-8-16(29)9-7-15)21(14)23(27(34)35)36-28(2,3)4/h6-13,23H,1-5H3,(H,34,35)/t23-/m0/s1. The van der Waals surface area contributed by atoms with Crippen LogP contribution in [0.2, 0.25) is 5.02 Å². The average molecular weight is 538 g/mol. The number of halogens is 2. The number of aryl methyl sites for hydroxylation is 2. The van der Waals surface area contributed by atoms with E-state index in [0.29, 0.717) is 32.1 Å². The second-order valence-electron chi connectivity index (χ2n) is 9.98. The van der Waals surface area contributed by atoms with Gasteiger partial charge in [-0.25, -0.2) is 19.2 Å². The summed E-state index contributed by atoms with van der Waals surface area (Å²) in [7, 11) is 1.85. The van der Waals surface area contributed by atoms with E-state index in [2.05, 4.69) is 4.98 Å². The van der Waals surface area contributed by atoms with E-state index in [0.717, 1.165) is 27.0 Å². The van der Waals surface area contributed by atoms with Gasteiger partial charge in [-0.3, -0.25) is 0 Å². The van der Waals surface area contributed by atoms with Gasteiger partial charge < -0.3 is 14.4 Å². The molecule has 6 nitrogen and oxygen atoms in total. The highest BCUT2D eigenvalue weighted by atomic mass is 35.5. The van der Waals surface area contributed by atoms with E-state index in [1.807, 2.05) is 63.7 Å². The number of hydrogen-bond acceptors (Lipinski definition) is 5. The molecule has 2 aromatic carbocycles. The third-order valence-electron chi connectivity index (χ3n) is 6.03. The Bertz CT molecular complexity index is 1670. The van der Waals surface area contributed by atoms with Crippen molar-refractivity contribution in [3.05, 3.63) is 70.8 Å². The Kier molecular flexibility index (Phi) is 6.30. The molecule has 0 bridgehead atoms. The molecule has 9 heteroatoms. The van der Waals surface area contributed by atoms with Gasteiger partial charge in [-0.05, 0) is 63.1 Å². The number of rotatable bonds is 5. The van der Waals surface area contributed by atoms with Gasteiger partial charge in [0, 0.05) is 40.3 Å². The van der Waals surface area contributed by atoms with E-state index >= 15 is 0 Å². The summed E-state index contributed by atoms with van der Waals surface area (Å²) >= 11 is 7.60. The Morgan fingerprint density at radius 3 is 2.57 bits per heavy atom. The number of pyridine rings is 1. The third-order valence-corrected chi connectivity index (χ3v) is 7.40. The maximum Gasteiger partial charge on any atom is 0.337 e. The number of carboxylic acid groups (broad SMARTS) is 1. The first kappa shape index (κ1) is 25.3. The predicted octanol–water partition coefficient (Wildman–Crippen LogP) is 7.56. The minimum Gasteiger partial charge on any atom is -0.479 e. The molecule has 0 aliphatic carbocycles. The lowest BCUT2D eigenvalue weighted by atomic mass is 9.91. The van der Waals surface area contributed by atoms with Crippen molar-refractivity contribution >= 4 is 50.2 Å². The normalized spacial score (nSPS) is 12.9. The molecule has 0 saturated heterocycles. The molecule has 1 atom stereocenters. The second kappa shape index (κ2) is 9.20. The van der Waals surface area contributed by atoms with Crippen molar-refractivity contribution in [2.45, 2.75) is 39.4 Å². The number of hydrogen-bond donors (Lipinski definition) is 1. The van der Waals surface area contributed by atoms with Crippen LogP contribution >= 0.6 is 22.9 Å². The first-order valence-corrected chi connectivity index (χ1v) is 12.8. The molecule has 0 unspecified atom stereocenters. The summed E-state index contributed by atoms with van der Waals surface area (Å²) in [6.45, 7) is 7.36. The molecule has 0 amide bonds. The molecule has 3 aromatic heterocycles. The molecule has 3 heterocycles. The zero-order valence-electron chi connectivity index (χ0n) is 21.0. The molecule has 190 valence electrons. The summed E-state index contributed by atoms with van der Waals surface area (Å²) < 4.78 is 22.8. The number of aromatic nitrogens is 3. The lowest BCUT2D eigenvalue weighted by Gasteiger charge is -2.28. The molecule has 37 heavy (non-hydrogen) atoms. The van der Waals surface area contributed by atoms with Crippen LogP contribution in [-0.2, 0) is 16.6 Å². The summed E-state index contributed by atoms with van der Waals surface area (Å²) in [6, 6.07) is 10.6. The molecule has 0 saturated carbocycles.